The van der Waals surface area contributed by atoms with Gasteiger partial charge in [-0.25, -0.2) is 0 Å². The maximum atomic E-state index is 13.1. The number of rotatable bonds is 4. The molecule has 1 heterocycles. The first-order valence-corrected chi connectivity index (χ1v) is 9.69. The summed E-state index contributed by atoms with van der Waals surface area (Å²) in [6.07, 6.45) is 0. The highest BCUT2D eigenvalue weighted by atomic mass is 16.6. The molecule has 3 aromatic carbocycles. The lowest BCUT2D eigenvalue weighted by Gasteiger charge is -2.28. The van der Waals surface area contributed by atoms with Crippen LogP contribution in [-0.4, -0.2) is 53.7 Å². The van der Waals surface area contributed by atoms with Gasteiger partial charge in [0.2, 0.25) is 0 Å². The molecule has 7 nitrogen and oxygen atoms in total. The van der Waals surface area contributed by atoms with E-state index in [-0.39, 0.29) is 17.5 Å². The largest absolute Gasteiger partial charge is 0.308 e. The number of hydrogen-bond acceptors (Lipinski definition) is 5. The first-order chi connectivity index (χ1) is 14.8. The molecule has 0 unspecified atom stereocenters. The van der Waals surface area contributed by atoms with Crippen LogP contribution in [0.15, 0.2) is 54.6 Å². The zero-order valence-corrected chi connectivity index (χ0v) is 17.1. The number of carbonyl (C=O) groups is 2. The van der Waals surface area contributed by atoms with Crippen molar-refractivity contribution in [2.75, 3.05) is 27.2 Å². The minimum Gasteiger partial charge on any atom is -0.308 e. The summed E-state index contributed by atoms with van der Waals surface area (Å²) in [7, 11) is 3.77. The molecule has 0 saturated heterocycles. The molecule has 0 fully saturated rings. The number of nitro benzene ring substituents is 1. The van der Waals surface area contributed by atoms with E-state index >= 15 is 0 Å². The van der Waals surface area contributed by atoms with Gasteiger partial charge in [-0.15, -0.1) is 0 Å². The fraction of sp³-hybridized carbons (Fsp3) is 0.167. The molecule has 0 bridgehead atoms. The van der Waals surface area contributed by atoms with Crippen molar-refractivity contribution < 1.29 is 14.5 Å². The number of likely N-dealkylation sites (N-methyl/N-ethyl adjacent to an activating group) is 1. The van der Waals surface area contributed by atoms with Gasteiger partial charge in [0.15, 0.2) is 0 Å². The molecule has 1 aliphatic rings. The third-order valence-electron chi connectivity index (χ3n) is 5.11. The molecule has 0 spiro atoms. The van der Waals surface area contributed by atoms with Crippen molar-refractivity contribution in [2.24, 2.45) is 0 Å². The van der Waals surface area contributed by atoms with E-state index in [1.165, 1.54) is 17.0 Å². The summed E-state index contributed by atoms with van der Waals surface area (Å²) in [6.45, 7) is 0.860. The second kappa shape index (κ2) is 8.01. The molecule has 0 saturated carbocycles. The topological polar surface area (TPSA) is 83.8 Å². The molecule has 0 atom stereocenters. The number of imide groups is 1. The Bertz CT molecular complexity index is 1300. The van der Waals surface area contributed by atoms with Crippen LogP contribution in [0.4, 0.5) is 5.69 Å². The maximum Gasteiger partial charge on any atom is 0.270 e. The van der Waals surface area contributed by atoms with Crippen molar-refractivity contribution in [3.63, 3.8) is 0 Å². The van der Waals surface area contributed by atoms with Crippen molar-refractivity contribution >= 4 is 28.3 Å². The Morgan fingerprint density at radius 2 is 1.65 bits per heavy atom. The fourth-order valence-corrected chi connectivity index (χ4v) is 3.57. The fourth-order valence-electron chi connectivity index (χ4n) is 3.57. The van der Waals surface area contributed by atoms with Crippen molar-refractivity contribution in [3.8, 4) is 11.8 Å². The van der Waals surface area contributed by atoms with E-state index in [0.29, 0.717) is 40.7 Å². The molecule has 154 valence electrons. The number of nitrogens with zero attached hydrogens (tertiary/aromatic N) is 3. The molecule has 0 N–H and O–H groups in total. The van der Waals surface area contributed by atoms with Crippen molar-refractivity contribution in [2.45, 2.75) is 0 Å². The molecule has 2 amide bonds. The molecule has 3 aromatic rings. The number of benzene rings is 3. The predicted molar refractivity (Wildman–Crippen MR) is 117 cm³/mol. The third-order valence-corrected chi connectivity index (χ3v) is 5.11. The Balaban J connectivity index is 1.78. The van der Waals surface area contributed by atoms with E-state index < -0.39 is 4.92 Å². The van der Waals surface area contributed by atoms with Gasteiger partial charge >= 0.3 is 0 Å². The molecule has 4 rings (SSSR count). The van der Waals surface area contributed by atoms with E-state index in [4.69, 9.17) is 0 Å². The smallest absolute Gasteiger partial charge is 0.270 e. The van der Waals surface area contributed by atoms with Crippen LogP contribution in [0.25, 0.3) is 10.8 Å². The predicted octanol–water partition coefficient (Wildman–Crippen LogP) is 3.31. The molecular formula is C24H19N3O4. The first-order valence-electron chi connectivity index (χ1n) is 9.69. The molecule has 0 aromatic heterocycles. The van der Waals surface area contributed by atoms with Gasteiger partial charge in [0, 0.05) is 52.9 Å². The SMILES string of the molecule is CN(C)CCN1C(=O)c2cccc3cc(C#Cc4cccc([N+](=O)[O-])c4)cc(c23)C1=O. The zero-order valence-electron chi connectivity index (χ0n) is 17.1. The normalized spacial score (nSPS) is 12.8. The van der Waals surface area contributed by atoms with Crippen LogP contribution in [0.2, 0.25) is 0 Å². The lowest BCUT2D eigenvalue weighted by Crippen LogP contribution is -2.43. The summed E-state index contributed by atoms with van der Waals surface area (Å²) >= 11 is 0. The van der Waals surface area contributed by atoms with Crippen LogP contribution >= 0.6 is 0 Å². The Morgan fingerprint density at radius 3 is 2.39 bits per heavy atom. The number of amides is 2. The van der Waals surface area contributed by atoms with Crippen LogP contribution in [0.1, 0.15) is 31.8 Å². The molecule has 0 aliphatic carbocycles. The second-order valence-corrected chi connectivity index (χ2v) is 7.55. The van der Waals surface area contributed by atoms with Crippen LogP contribution in [0.3, 0.4) is 0 Å². The van der Waals surface area contributed by atoms with Crippen LogP contribution in [-0.2, 0) is 0 Å². The first kappa shape index (κ1) is 20.3. The van der Waals surface area contributed by atoms with E-state index in [9.17, 15) is 19.7 Å². The van der Waals surface area contributed by atoms with Crippen molar-refractivity contribution in [1.29, 1.82) is 0 Å². The molecule has 31 heavy (non-hydrogen) atoms. The highest BCUT2D eigenvalue weighted by molar-refractivity contribution is 6.25. The van der Waals surface area contributed by atoms with E-state index in [2.05, 4.69) is 11.8 Å². The Kier molecular flexibility index (Phi) is 5.24. The summed E-state index contributed by atoms with van der Waals surface area (Å²) in [6, 6.07) is 15.0. The number of hydrogen-bond donors (Lipinski definition) is 0. The minimum atomic E-state index is -0.467. The average molecular weight is 413 g/mol. The van der Waals surface area contributed by atoms with Gasteiger partial charge in [-0.1, -0.05) is 30.0 Å². The Labute approximate surface area is 179 Å². The molecule has 1 aliphatic heterocycles. The van der Waals surface area contributed by atoms with Gasteiger partial charge in [-0.05, 0) is 43.7 Å². The standard InChI is InChI=1S/C24H19N3O4/c1-25(2)11-12-26-23(28)20-8-4-6-18-13-17(15-21(22(18)20)24(26)29)10-9-16-5-3-7-19(14-16)27(30)31/h3-8,13-15H,11-12H2,1-2H3. The van der Waals surface area contributed by atoms with Gasteiger partial charge in [0.1, 0.15) is 0 Å². The van der Waals surface area contributed by atoms with E-state index in [1.807, 2.05) is 31.1 Å². The van der Waals surface area contributed by atoms with Crippen LogP contribution in [0, 0.1) is 22.0 Å². The van der Waals surface area contributed by atoms with Crippen LogP contribution < -0.4 is 0 Å². The van der Waals surface area contributed by atoms with Crippen molar-refractivity contribution in [3.05, 3.63) is 87.0 Å². The van der Waals surface area contributed by atoms with Crippen molar-refractivity contribution in [1.82, 2.24) is 9.80 Å². The summed E-state index contributed by atoms with van der Waals surface area (Å²) in [5, 5.41) is 12.4. The summed E-state index contributed by atoms with van der Waals surface area (Å²) in [5.74, 6) is 5.29. The monoisotopic (exact) mass is 413 g/mol. The lowest BCUT2D eigenvalue weighted by molar-refractivity contribution is -0.384. The number of non-ortho nitro benzene ring substituents is 1. The summed E-state index contributed by atoms with van der Waals surface area (Å²) < 4.78 is 0. The van der Waals surface area contributed by atoms with Gasteiger partial charge in [0.25, 0.3) is 17.5 Å². The summed E-state index contributed by atoms with van der Waals surface area (Å²) in [4.78, 5) is 39.7. The average Bonchev–Trinajstić information content (AvgIpc) is 2.75. The minimum absolute atomic E-state index is 0.0322. The highest BCUT2D eigenvalue weighted by Crippen LogP contribution is 2.31. The van der Waals surface area contributed by atoms with Gasteiger partial charge in [-0.3, -0.25) is 24.6 Å². The van der Waals surface area contributed by atoms with Gasteiger partial charge < -0.3 is 4.90 Å². The molecular weight excluding hydrogens is 394 g/mol. The number of carbonyl (C=O) groups excluding carboxylic acids is 2. The van der Waals surface area contributed by atoms with Crippen LogP contribution in [0.5, 0.6) is 0 Å². The summed E-state index contributed by atoms with van der Waals surface area (Å²) in [5.41, 5.74) is 2.02. The third kappa shape index (κ3) is 3.89. The maximum absolute atomic E-state index is 13.1. The number of nitro groups is 1. The Morgan fingerprint density at radius 1 is 0.935 bits per heavy atom. The van der Waals surface area contributed by atoms with E-state index in [1.54, 1.807) is 30.3 Å². The van der Waals surface area contributed by atoms with Gasteiger partial charge in [0.05, 0.1) is 4.92 Å². The quantitative estimate of drug-likeness (QED) is 0.284. The van der Waals surface area contributed by atoms with E-state index in [0.717, 1.165) is 5.39 Å². The lowest BCUT2D eigenvalue weighted by atomic mass is 9.92. The highest BCUT2D eigenvalue weighted by Gasteiger charge is 2.32. The molecule has 0 radical (unpaired) electrons. The Hall–Kier alpha value is -4.02. The van der Waals surface area contributed by atoms with Gasteiger partial charge in [-0.2, -0.15) is 0 Å². The second-order valence-electron chi connectivity index (χ2n) is 7.55. The molecule has 7 heteroatoms. The zero-order chi connectivity index (χ0) is 22.1.